The van der Waals surface area contributed by atoms with Crippen LogP contribution in [-0.4, -0.2) is 75.5 Å². The van der Waals surface area contributed by atoms with E-state index in [1.54, 1.807) is 10.4 Å². The van der Waals surface area contributed by atoms with Crippen LogP contribution in [0.4, 0.5) is 0 Å². The first kappa shape index (κ1) is 24.6. The third-order valence-electron chi connectivity index (χ3n) is 7.13. The van der Waals surface area contributed by atoms with Crippen molar-refractivity contribution in [1.82, 2.24) is 14.5 Å². The summed E-state index contributed by atoms with van der Waals surface area (Å²) in [5, 5.41) is 3.06. The van der Waals surface area contributed by atoms with Gasteiger partial charge in [-0.2, -0.15) is 4.31 Å². The molecule has 1 aliphatic carbocycles. The normalized spacial score (nSPS) is 23.4. The van der Waals surface area contributed by atoms with E-state index in [2.05, 4.69) is 24.1 Å². The van der Waals surface area contributed by atoms with Crippen LogP contribution < -0.4 is 5.32 Å². The molecule has 1 N–H and O–H groups in total. The molecule has 0 saturated carbocycles. The molecule has 33 heavy (non-hydrogen) atoms. The highest BCUT2D eigenvalue weighted by Crippen LogP contribution is 2.28. The monoisotopic (exact) mass is 477 g/mol. The van der Waals surface area contributed by atoms with Crippen LogP contribution in [0.1, 0.15) is 50.7 Å². The van der Waals surface area contributed by atoms with Crippen molar-refractivity contribution in [1.29, 1.82) is 0 Å². The predicted molar refractivity (Wildman–Crippen MR) is 129 cm³/mol. The van der Waals surface area contributed by atoms with Gasteiger partial charge in [0.15, 0.2) is 0 Å². The van der Waals surface area contributed by atoms with Gasteiger partial charge in [0.2, 0.25) is 15.9 Å². The largest absolute Gasteiger partial charge is 0.374 e. The Balaban J connectivity index is 1.26. The Kier molecular flexibility index (Phi) is 8.10. The van der Waals surface area contributed by atoms with Crippen molar-refractivity contribution in [3.63, 3.8) is 0 Å². The molecule has 0 aromatic heterocycles. The quantitative estimate of drug-likeness (QED) is 0.653. The first-order valence-electron chi connectivity index (χ1n) is 12.6. The van der Waals surface area contributed by atoms with E-state index in [4.69, 9.17) is 4.74 Å². The number of rotatable bonds is 7. The van der Waals surface area contributed by atoms with E-state index in [1.807, 2.05) is 12.1 Å². The molecule has 0 bridgehead atoms. The van der Waals surface area contributed by atoms with E-state index in [0.717, 1.165) is 38.9 Å². The number of piperidine rings is 1. The van der Waals surface area contributed by atoms with Crippen LogP contribution in [0, 0.1) is 11.8 Å². The zero-order valence-electron chi connectivity index (χ0n) is 20.1. The van der Waals surface area contributed by atoms with Crippen molar-refractivity contribution in [3.8, 4) is 0 Å². The Morgan fingerprint density at radius 2 is 1.85 bits per heavy atom. The van der Waals surface area contributed by atoms with Gasteiger partial charge in [-0.3, -0.25) is 9.69 Å². The molecule has 1 unspecified atom stereocenters. The topological polar surface area (TPSA) is 79.0 Å². The number of benzene rings is 1. The van der Waals surface area contributed by atoms with E-state index in [9.17, 15) is 13.2 Å². The van der Waals surface area contributed by atoms with Crippen molar-refractivity contribution >= 4 is 15.9 Å². The lowest BCUT2D eigenvalue weighted by atomic mass is 9.92. The summed E-state index contributed by atoms with van der Waals surface area (Å²) in [4.78, 5) is 15.5. The maximum atomic E-state index is 13.2. The lowest BCUT2D eigenvalue weighted by molar-refractivity contribution is -0.127. The summed E-state index contributed by atoms with van der Waals surface area (Å²) in [5.41, 5.74) is 2.46. The second-order valence-electron chi connectivity index (χ2n) is 10.2. The van der Waals surface area contributed by atoms with Gasteiger partial charge in [-0.1, -0.05) is 19.9 Å². The van der Waals surface area contributed by atoms with E-state index < -0.39 is 10.0 Å². The Labute approximate surface area is 198 Å². The number of morpholine rings is 1. The summed E-state index contributed by atoms with van der Waals surface area (Å²) in [7, 11) is -3.51. The Morgan fingerprint density at radius 1 is 1.12 bits per heavy atom. The molecule has 1 amide bonds. The summed E-state index contributed by atoms with van der Waals surface area (Å²) < 4.78 is 33.8. The summed E-state index contributed by atoms with van der Waals surface area (Å²) >= 11 is 0. The maximum absolute atomic E-state index is 13.2. The van der Waals surface area contributed by atoms with Gasteiger partial charge in [0.05, 0.1) is 17.6 Å². The fourth-order valence-electron chi connectivity index (χ4n) is 5.32. The molecule has 2 fully saturated rings. The van der Waals surface area contributed by atoms with Crippen molar-refractivity contribution in [2.24, 2.45) is 11.8 Å². The summed E-state index contributed by atoms with van der Waals surface area (Å²) in [5.74, 6) is 0.488. The molecule has 8 heteroatoms. The fraction of sp³-hybridized carbons (Fsp3) is 0.720. The molecule has 1 aromatic rings. The number of hydrogen-bond donors (Lipinski definition) is 1. The molecular weight excluding hydrogens is 438 g/mol. The average Bonchev–Trinajstić information content (AvgIpc) is 2.82. The minimum absolute atomic E-state index is 0.0189. The lowest BCUT2D eigenvalue weighted by Gasteiger charge is -2.34. The minimum atomic E-state index is -3.51. The number of carbonyl (C=O) groups excluding carboxylic acids is 1. The Hall–Kier alpha value is -1.48. The first-order valence-corrected chi connectivity index (χ1v) is 14.0. The van der Waals surface area contributed by atoms with Crippen LogP contribution >= 0.6 is 0 Å². The van der Waals surface area contributed by atoms with Crippen LogP contribution in [0.25, 0.3) is 0 Å². The van der Waals surface area contributed by atoms with Crippen LogP contribution in [0.2, 0.25) is 0 Å². The van der Waals surface area contributed by atoms with Gasteiger partial charge < -0.3 is 10.1 Å². The summed E-state index contributed by atoms with van der Waals surface area (Å²) in [6.07, 6.45) is 5.43. The van der Waals surface area contributed by atoms with Crippen LogP contribution in [0.3, 0.4) is 0 Å². The number of aryl methyl sites for hydroxylation is 2. The van der Waals surface area contributed by atoms with Gasteiger partial charge >= 0.3 is 0 Å². The number of amides is 1. The fourth-order valence-corrected chi connectivity index (χ4v) is 6.84. The number of nitrogens with zero attached hydrogens (tertiary/aromatic N) is 2. The summed E-state index contributed by atoms with van der Waals surface area (Å²) in [6.45, 7) is 9.25. The molecule has 2 saturated heterocycles. The van der Waals surface area contributed by atoms with Gasteiger partial charge in [0.25, 0.3) is 0 Å². The zero-order chi connectivity index (χ0) is 23.4. The van der Waals surface area contributed by atoms with Gasteiger partial charge in [-0.05, 0) is 67.7 Å². The van der Waals surface area contributed by atoms with Crippen molar-refractivity contribution < 1.29 is 17.9 Å². The van der Waals surface area contributed by atoms with Crippen molar-refractivity contribution in [2.45, 2.75) is 63.4 Å². The van der Waals surface area contributed by atoms with E-state index in [0.29, 0.717) is 49.9 Å². The maximum Gasteiger partial charge on any atom is 0.243 e. The van der Waals surface area contributed by atoms with Gasteiger partial charge in [-0.15, -0.1) is 0 Å². The summed E-state index contributed by atoms with van der Waals surface area (Å²) in [6, 6.07) is 5.61. The molecule has 3 aliphatic rings. The highest BCUT2D eigenvalue weighted by atomic mass is 32.2. The molecule has 184 valence electrons. The van der Waals surface area contributed by atoms with Crippen LogP contribution in [0.5, 0.6) is 0 Å². The van der Waals surface area contributed by atoms with Crippen molar-refractivity contribution in [3.05, 3.63) is 29.3 Å². The molecule has 4 rings (SSSR count). The highest BCUT2D eigenvalue weighted by Gasteiger charge is 2.33. The number of sulfonamides is 1. The molecule has 7 nitrogen and oxygen atoms in total. The number of nitrogens with one attached hydrogen (secondary N) is 1. The minimum Gasteiger partial charge on any atom is -0.374 e. The number of carbonyl (C=O) groups is 1. The Bertz CT molecular complexity index is 926. The third-order valence-corrected chi connectivity index (χ3v) is 9.03. The molecule has 0 radical (unpaired) electrons. The van der Waals surface area contributed by atoms with Gasteiger partial charge in [-0.25, -0.2) is 8.42 Å². The molecule has 2 aliphatic heterocycles. The van der Waals surface area contributed by atoms with E-state index in [1.165, 1.54) is 17.5 Å². The van der Waals surface area contributed by atoms with Crippen LogP contribution in [-0.2, 0) is 32.4 Å². The molecule has 0 spiro atoms. The number of hydrogen-bond acceptors (Lipinski definition) is 5. The highest BCUT2D eigenvalue weighted by molar-refractivity contribution is 7.89. The second-order valence-corrected chi connectivity index (χ2v) is 12.1. The number of ether oxygens (including phenoxy) is 1. The second kappa shape index (κ2) is 10.8. The molecule has 2 heterocycles. The van der Waals surface area contributed by atoms with Gasteiger partial charge in [0, 0.05) is 45.2 Å². The third kappa shape index (κ3) is 6.15. The average molecular weight is 478 g/mol. The van der Waals surface area contributed by atoms with Gasteiger partial charge in [0.1, 0.15) is 0 Å². The van der Waals surface area contributed by atoms with E-state index >= 15 is 0 Å². The number of fused-ring (bicyclic) bond motifs is 1. The predicted octanol–water partition coefficient (Wildman–Crippen LogP) is 2.44. The Morgan fingerprint density at radius 3 is 2.58 bits per heavy atom. The lowest BCUT2D eigenvalue weighted by Crippen LogP contribution is -2.50. The molecule has 1 atom stereocenters. The smallest absolute Gasteiger partial charge is 0.243 e. The molecular formula is C25H39N3O4S. The SMILES string of the molecule is CC(C)CN1CCOC(CNC(=O)C2CCN(S(=O)(=O)c3ccc4c(c3)CCCC4)CC2)C1. The first-order chi connectivity index (χ1) is 15.8. The standard InChI is InChI=1S/C25H39N3O4S/c1-19(2)17-27-13-14-32-23(18-27)16-26-25(29)21-9-11-28(12-10-21)33(30,31)24-8-7-20-5-3-4-6-22(20)15-24/h7-8,15,19,21,23H,3-6,9-14,16-18H2,1-2H3,(H,26,29). The zero-order valence-corrected chi connectivity index (χ0v) is 20.9. The van der Waals surface area contributed by atoms with Crippen LogP contribution in [0.15, 0.2) is 23.1 Å². The van der Waals surface area contributed by atoms with E-state index in [-0.39, 0.29) is 17.9 Å². The van der Waals surface area contributed by atoms with Crippen molar-refractivity contribution in [2.75, 3.05) is 45.9 Å². The molecule has 1 aromatic carbocycles.